The molecule has 0 unspecified atom stereocenters. The van der Waals surface area contributed by atoms with Crippen molar-refractivity contribution in [3.05, 3.63) is 29.8 Å². The molecule has 0 bridgehead atoms. The Bertz CT molecular complexity index is 531. The molecule has 0 spiro atoms. The first-order valence-corrected chi connectivity index (χ1v) is 14.9. The van der Waals surface area contributed by atoms with Crippen molar-refractivity contribution in [2.75, 3.05) is 0 Å². The second-order valence-corrected chi connectivity index (χ2v) is 14.4. The van der Waals surface area contributed by atoms with Crippen LogP contribution in [0.15, 0.2) is 29.2 Å². The van der Waals surface area contributed by atoms with Gasteiger partial charge in [0.2, 0.25) is 0 Å². The van der Waals surface area contributed by atoms with E-state index in [4.69, 9.17) is 0 Å². The van der Waals surface area contributed by atoms with Crippen LogP contribution in [0.2, 0.25) is 10.1 Å². The number of sulfonamides is 1. The van der Waals surface area contributed by atoms with E-state index in [9.17, 15) is 8.42 Å². The average Bonchev–Trinajstić information content (AvgIpc) is 2.83. The van der Waals surface area contributed by atoms with E-state index in [-0.39, 0.29) is 6.04 Å². The van der Waals surface area contributed by atoms with Crippen molar-refractivity contribution < 1.29 is 8.42 Å². The second kappa shape index (κ2) is 7.44. The zero-order chi connectivity index (χ0) is 14.6. The summed E-state index contributed by atoms with van der Waals surface area (Å²) in [5.74, 6) is 0. The fraction of sp³-hybridized carbons (Fsp3) is 0.571. The Morgan fingerprint density at radius 2 is 2.00 bits per heavy atom. The van der Waals surface area contributed by atoms with Gasteiger partial charge < -0.3 is 0 Å². The maximum absolute atomic E-state index is 12.4. The molecular formula is C14H21NO2SSe2. The summed E-state index contributed by atoms with van der Waals surface area (Å²) >= 11 is 1.31. The number of aryl methyl sites for hydroxylation is 1. The van der Waals surface area contributed by atoms with Crippen molar-refractivity contribution >= 4 is 36.3 Å². The van der Waals surface area contributed by atoms with Crippen molar-refractivity contribution in [2.45, 2.75) is 54.2 Å². The van der Waals surface area contributed by atoms with Gasteiger partial charge in [-0.25, -0.2) is 0 Å². The van der Waals surface area contributed by atoms with E-state index in [1.807, 2.05) is 19.1 Å². The first kappa shape index (κ1) is 16.5. The summed E-state index contributed by atoms with van der Waals surface area (Å²) in [5.41, 5.74) is 1.08. The van der Waals surface area contributed by atoms with Crippen LogP contribution in [0.4, 0.5) is 0 Å². The molecule has 1 aromatic rings. The predicted octanol–water partition coefficient (Wildman–Crippen LogP) is 2.38. The molecule has 0 radical (unpaired) electrons. The van der Waals surface area contributed by atoms with E-state index in [1.54, 1.807) is 12.1 Å². The molecule has 0 aromatic heterocycles. The second-order valence-electron chi connectivity index (χ2n) is 5.10. The fourth-order valence-electron chi connectivity index (χ4n) is 2.12. The molecule has 20 heavy (non-hydrogen) atoms. The predicted molar refractivity (Wildman–Crippen MR) is 84.9 cm³/mol. The van der Waals surface area contributed by atoms with Crippen LogP contribution in [0.5, 0.6) is 0 Å². The van der Waals surface area contributed by atoms with Gasteiger partial charge >= 0.3 is 133 Å². The maximum atomic E-state index is 12.4. The van der Waals surface area contributed by atoms with Gasteiger partial charge in [-0.2, -0.15) is 0 Å². The van der Waals surface area contributed by atoms with E-state index >= 15 is 0 Å². The first-order chi connectivity index (χ1) is 9.53. The Kier molecular flexibility index (Phi) is 6.15. The number of rotatable bonds is 6. The van der Waals surface area contributed by atoms with Gasteiger partial charge in [0, 0.05) is 0 Å². The molecule has 1 aliphatic heterocycles. The van der Waals surface area contributed by atoms with Gasteiger partial charge in [-0.15, -0.1) is 0 Å². The monoisotopic (exact) mass is 427 g/mol. The van der Waals surface area contributed by atoms with Crippen LogP contribution in [0.25, 0.3) is 0 Å². The summed E-state index contributed by atoms with van der Waals surface area (Å²) in [6.45, 7) is 4.16. The minimum absolute atomic E-state index is 0.174. The van der Waals surface area contributed by atoms with Crippen molar-refractivity contribution in [1.82, 2.24) is 4.72 Å². The van der Waals surface area contributed by atoms with Crippen LogP contribution in [0.1, 0.15) is 31.7 Å². The summed E-state index contributed by atoms with van der Waals surface area (Å²) in [6.07, 6.45) is 3.58. The van der Waals surface area contributed by atoms with E-state index < -0.39 is 10.0 Å². The van der Waals surface area contributed by atoms with E-state index in [2.05, 4.69) is 11.6 Å². The standard InChI is InChI=1S/C14H21NO2SSe2/c1-3-4-5-14-13(10-19-20-14)15-18(16,17)12-8-6-11(2)7-9-12/h6-9,13-15H,3-5,10H2,1-2H3/t13-,14+/m0/s1. The molecular weight excluding hydrogens is 404 g/mol. The van der Waals surface area contributed by atoms with Crippen LogP contribution in [0, 0.1) is 6.92 Å². The molecule has 6 heteroatoms. The molecule has 0 saturated carbocycles. The first-order valence-electron chi connectivity index (χ1n) is 6.90. The van der Waals surface area contributed by atoms with Gasteiger partial charge in [-0.3, -0.25) is 0 Å². The van der Waals surface area contributed by atoms with Crippen LogP contribution in [0.3, 0.4) is 0 Å². The van der Waals surface area contributed by atoms with E-state index in [1.165, 1.54) is 19.3 Å². The third-order valence-electron chi connectivity index (χ3n) is 3.37. The van der Waals surface area contributed by atoms with Gasteiger partial charge in [0.05, 0.1) is 0 Å². The summed E-state index contributed by atoms with van der Waals surface area (Å²) in [5, 5.41) is 1.06. The summed E-state index contributed by atoms with van der Waals surface area (Å²) in [7, 11) is -3.35. The Balaban J connectivity index is 2.05. The molecule has 0 aliphatic carbocycles. The quantitative estimate of drug-likeness (QED) is 0.712. The SMILES string of the molecule is CCCC[C@H]1[Se][Se]C[C@@H]1NS(=O)(=O)c1ccc(C)cc1. The third kappa shape index (κ3) is 4.33. The molecule has 1 aliphatic rings. The zero-order valence-corrected chi connectivity index (χ0v) is 16.1. The van der Waals surface area contributed by atoms with Crippen molar-refractivity contribution in [3.8, 4) is 0 Å². The third-order valence-corrected chi connectivity index (χ3v) is 13.6. The molecule has 0 amide bonds. The number of nitrogens with one attached hydrogen (secondary N) is 1. The van der Waals surface area contributed by atoms with Crippen molar-refractivity contribution in [2.24, 2.45) is 0 Å². The topological polar surface area (TPSA) is 46.2 Å². The van der Waals surface area contributed by atoms with Crippen LogP contribution in [-0.4, -0.2) is 40.7 Å². The molecule has 2 rings (SSSR count). The Morgan fingerprint density at radius 1 is 1.30 bits per heavy atom. The van der Waals surface area contributed by atoms with Crippen molar-refractivity contribution in [3.63, 3.8) is 0 Å². The van der Waals surface area contributed by atoms with Gasteiger partial charge in [-0.05, 0) is 0 Å². The zero-order valence-electron chi connectivity index (χ0n) is 11.8. The molecule has 1 fully saturated rings. The summed E-state index contributed by atoms with van der Waals surface area (Å²) in [4.78, 5) is 0.993. The van der Waals surface area contributed by atoms with Gasteiger partial charge in [-0.1, -0.05) is 0 Å². The van der Waals surface area contributed by atoms with Gasteiger partial charge in [0.1, 0.15) is 0 Å². The molecule has 1 N–H and O–H groups in total. The van der Waals surface area contributed by atoms with Crippen molar-refractivity contribution in [1.29, 1.82) is 0 Å². The summed E-state index contributed by atoms with van der Waals surface area (Å²) in [6, 6.07) is 7.28. The summed E-state index contributed by atoms with van der Waals surface area (Å²) < 4.78 is 27.8. The Hall–Kier alpha value is 0.169. The molecule has 1 saturated heterocycles. The van der Waals surface area contributed by atoms with Crippen LogP contribution < -0.4 is 4.72 Å². The number of hydrogen-bond donors (Lipinski definition) is 1. The Morgan fingerprint density at radius 3 is 2.65 bits per heavy atom. The molecule has 1 aromatic carbocycles. The number of benzene rings is 1. The average molecular weight is 425 g/mol. The molecule has 2 atom stereocenters. The molecule has 1 heterocycles. The van der Waals surface area contributed by atoms with E-state index in [0.29, 0.717) is 36.0 Å². The van der Waals surface area contributed by atoms with E-state index in [0.717, 1.165) is 10.9 Å². The molecule has 3 nitrogen and oxygen atoms in total. The van der Waals surface area contributed by atoms with Gasteiger partial charge in [0.15, 0.2) is 0 Å². The number of unbranched alkanes of at least 4 members (excludes halogenated alkanes) is 1. The van der Waals surface area contributed by atoms with Crippen LogP contribution in [-0.2, 0) is 10.0 Å². The normalized spacial score (nSPS) is 23.1. The minimum atomic E-state index is -3.35. The number of hydrogen-bond acceptors (Lipinski definition) is 2. The fourth-order valence-corrected chi connectivity index (χ4v) is 14.0. The van der Waals surface area contributed by atoms with Crippen LogP contribution >= 0.6 is 0 Å². The Labute approximate surface area is 133 Å². The molecule has 112 valence electrons. The van der Waals surface area contributed by atoms with Gasteiger partial charge in [0.25, 0.3) is 0 Å².